The van der Waals surface area contributed by atoms with Crippen LogP contribution in [0.15, 0.2) is 48.5 Å². The predicted octanol–water partition coefficient (Wildman–Crippen LogP) is 3.92. The van der Waals surface area contributed by atoms with Crippen LogP contribution in [0.4, 0.5) is 4.39 Å². The molecule has 98 valence electrons. The third-order valence-corrected chi connectivity index (χ3v) is 3.54. The Kier molecular flexibility index (Phi) is 4.52. The standard InChI is InChI=1S/C15H13FINO/c1-10(13-4-2-3-5-14(13)16)18-15(19)11-6-8-12(17)9-7-11/h2-10H,1H3,(H,18,19)/t10-/m1/s1. The van der Waals surface area contributed by atoms with Crippen molar-refractivity contribution in [2.75, 3.05) is 0 Å². The summed E-state index contributed by atoms with van der Waals surface area (Å²) >= 11 is 2.18. The summed E-state index contributed by atoms with van der Waals surface area (Å²) in [7, 11) is 0. The maximum absolute atomic E-state index is 13.6. The molecule has 1 amide bonds. The van der Waals surface area contributed by atoms with Gasteiger partial charge in [0.15, 0.2) is 0 Å². The van der Waals surface area contributed by atoms with Crippen LogP contribution in [0, 0.1) is 9.39 Å². The van der Waals surface area contributed by atoms with E-state index in [-0.39, 0.29) is 17.8 Å². The van der Waals surface area contributed by atoms with Gasteiger partial charge >= 0.3 is 0 Å². The van der Waals surface area contributed by atoms with Gasteiger partial charge in [0, 0.05) is 14.7 Å². The number of rotatable bonds is 3. The van der Waals surface area contributed by atoms with Crippen molar-refractivity contribution in [1.29, 1.82) is 0 Å². The number of hydrogen-bond acceptors (Lipinski definition) is 1. The first kappa shape index (κ1) is 14.0. The Morgan fingerprint density at radius 1 is 1.16 bits per heavy atom. The molecule has 1 N–H and O–H groups in total. The summed E-state index contributed by atoms with van der Waals surface area (Å²) in [5.74, 6) is -0.509. The maximum atomic E-state index is 13.6. The van der Waals surface area contributed by atoms with Gasteiger partial charge < -0.3 is 5.32 Å². The van der Waals surface area contributed by atoms with E-state index in [1.54, 1.807) is 37.3 Å². The van der Waals surface area contributed by atoms with Crippen LogP contribution in [0.2, 0.25) is 0 Å². The van der Waals surface area contributed by atoms with E-state index >= 15 is 0 Å². The minimum atomic E-state index is -0.368. The first-order valence-corrected chi connectivity index (χ1v) is 6.96. The van der Waals surface area contributed by atoms with E-state index in [4.69, 9.17) is 0 Å². The van der Waals surface area contributed by atoms with Gasteiger partial charge in [0.2, 0.25) is 0 Å². The fourth-order valence-corrected chi connectivity index (χ4v) is 2.14. The van der Waals surface area contributed by atoms with Crippen LogP contribution in [0.3, 0.4) is 0 Å². The molecule has 0 bridgehead atoms. The van der Waals surface area contributed by atoms with Crippen LogP contribution in [0.25, 0.3) is 0 Å². The fourth-order valence-electron chi connectivity index (χ4n) is 1.79. The minimum Gasteiger partial charge on any atom is -0.345 e. The van der Waals surface area contributed by atoms with Crippen molar-refractivity contribution in [2.24, 2.45) is 0 Å². The lowest BCUT2D eigenvalue weighted by atomic mass is 10.1. The molecule has 0 unspecified atom stereocenters. The van der Waals surface area contributed by atoms with Gasteiger partial charge in [0.25, 0.3) is 5.91 Å². The minimum absolute atomic E-state index is 0.202. The second-order valence-electron chi connectivity index (χ2n) is 4.22. The second-order valence-corrected chi connectivity index (χ2v) is 5.47. The van der Waals surface area contributed by atoms with Crippen LogP contribution in [-0.4, -0.2) is 5.91 Å². The lowest BCUT2D eigenvalue weighted by molar-refractivity contribution is 0.0939. The average Bonchev–Trinajstić information content (AvgIpc) is 2.39. The van der Waals surface area contributed by atoms with Crippen LogP contribution in [0.1, 0.15) is 28.9 Å². The Morgan fingerprint density at radius 2 is 1.79 bits per heavy atom. The number of halogens is 2. The number of benzene rings is 2. The largest absolute Gasteiger partial charge is 0.345 e. The zero-order valence-corrected chi connectivity index (χ0v) is 12.5. The van der Waals surface area contributed by atoms with E-state index in [0.717, 1.165) is 3.57 Å². The summed E-state index contributed by atoms with van der Waals surface area (Å²) < 4.78 is 14.7. The van der Waals surface area contributed by atoms with Gasteiger partial charge in [-0.2, -0.15) is 0 Å². The van der Waals surface area contributed by atoms with Crippen LogP contribution < -0.4 is 5.32 Å². The third kappa shape index (κ3) is 3.53. The second kappa shape index (κ2) is 6.14. The third-order valence-electron chi connectivity index (χ3n) is 2.83. The Morgan fingerprint density at radius 3 is 2.42 bits per heavy atom. The average molecular weight is 369 g/mol. The van der Waals surface area contributed by atoms with E-state index in [9.17, 15) is 9.18 Å². The van der Waals surface area contributed by atoms with Gasteiger partial charge in [-0.3, -0.25) is 4.79 Å². The van der Waals surface area contributed by atoms with Gasteiger partial charge in [-0.25, -0.2) is 4.39 Å². The zero-order chi connectivity index (χ0) is 13.8. The summed E-state index contributed by atoms with van der Waals surface area (Å²) in [5, 5.41) is 2.79. The van der Waals surface area contributed by atoms with Crippen molar-refractivity contribution >= 4 is 28.5 Å². The molecule has 0 spiro atoms. The Bertz CT molecular complexity index is 583. The lowest BCUT2D eigenvalue weighted by Crippen LogP contribution is -2.27. The van der Waals surface area contributed by atoms with E-state index in [1.165, 1.54) is 6.07 Å². The molecule has 1 atom stereocenters. The maximum Gasteiger partial charge on any atom is 0.251 e. The summed E-state index contributed by atoms with van der Waals surface area (Å²) in [6.45, 7) is 1.77. The highest BCUT2D eigenvalue weighted by atomic mass is 127. The molecule has 0 aromatic heterocycles. The highest BCUT2D eigenvalue weighted by Gasteiger charge is 2.14. The summed E-state index contributed by atoms with van der Waals surface area (Å²) in [6.07, 6.45) is 0. The number of hydrogen-bond donors (Lipinski definition) is 1. The molecular formula is C15H13FINO. The predicted molar refractivity (Wildman–Crippen MR) is 81.4 cm³/mol. The number of amides is 1. The molecule has 0 heterocycles. The van der Waals surface area contributed by atoms with E-state index in [2.05, 4.69) is 27.9 Å². The molecule has 2 aromatic rings. The van der Waals surface area contributed by atoms with Gasteiger partial charge in [-0.05, 0) is 59.8 Å². The SMILES string of the molecule is C[C@@H](NC(=O)c1ccc(I)cc1)c1ccccc1F. The van der Waals surface area contributed by atoms with Gasteiger partial charge in [0.1, 0.15) is 5.82 Å². The van der Waals surface area contributed by atoms with Crippen molar-refractivity contribution in [3.8, 4) is 0 Å². The van der Waals surface area contributed by atoms with Crippen LogP contribution >= 0.6 is 22.6 Å². The number of nitrogens with one attached hydrogen (secondary N) is 1. The smallest absolute Gasteiger partial charge is 0.251 e. The van der Waals surface area contributed by atoms with E-state index in [1.807, 2.05) is 12.1 Å². The molecule has 4 heteroatoms. The molecule has 0 saturated heterocycles. The van der Waals surface area contributed by atoms with Crippen molar-refractivity contribution in [2.45, 2.75) is 13.0 Å². The number of carbonyl (C=O) groups is 1. The van der Waals surface area contributed by atoms with Gasteiger partial charge in [-0.1, -0.05) is 18.2 Å². The molecule has 0 fully saturated rings. The van der Waals surface area contributed by atoms with Crippen molar-refractivity contribution in [3.05, 3.63) is 69.0 Å². The van der Waals surface area contributed by atoms with Gasteiger partial charge in [-0.15, -0.1) is 0 Å². The molecule has 0 aliphatic heterocycles. The molecule has 0 aliphatic rings. The Hall–Kier alpha value is -1.43. The van der Waals surface area contributed by atoms with E-state index in [0.29, 0.717) is 11.1 Å². The van der Waals surface area contributed by atoms with E-state index < -0.39 is 0 Å². The first-order chi connectivity index (χ1) is 9.08. The summed E-state index contributed by atoms with van der Waals surface area (Å²) in [4.78, 5) is 12.0. The molecule has 2 nitrogen and oxygen atoms in total. The molecule has 2 rings (SSSR count). The first-order valence-electron chi connectivity index (χ1n) is 5.89. The van der Waals surface area contributed by atoms with Crippen molar-refractivity contribution < 1.29 is 9.18 Å². The normalized spacial score (nSPS) is 11.9. The lowest BCUT2D eigenvalue weighted by Gasteiger charge is -2.15. The Labute approximate surface area is 125 Å². The fraction of sp³-hybridized carbons (Fsp3) is 0.133. The highest BCUT2D eigenvalue weighted by molar-refractivity contribution is 14.1. The quantitative estimate of drug-likeness (QED) is 0.817. The van der Waals surface area contributed by atoms with Gasteiger partial charge in [0.05, 0.1) is 6.04 Å². The van der Waals surface area contributed by atoms with Crippen molar-refractivity contribution in [3.63, 3.8) is 0 Å². The molecular weight excluding hydrogens is 356 g/mol. The van der Waals surface area contributed by atoms with Crippen LogP contribution in [-0.2, 0) is 0 Å². The molecule has 0 radical (unpaired) electrons. The summed E-state index contributed by atoms with van der Waals surface area (Å²) in [6, 6.07) is 13.3. The highest BCUT2D eigenvalue weighted by Crippen LogP contribution is 2.17. The monoisotopic (exact) mass is 369 g/mol. The molecule has 2 aromatic carbocycles. The molecule has 19 heavy (non-hydrogen) atoms. The van der Waals surface area contributed by atoms with Crippen molar-refractivity contribution in [1.82, 2.24) is 5.32 Å². The Balaban J connectivity index is 2.11. The zero-order valence-electron chi connectivity index (χ0n) is 10.4. The summed E-state index contributed by atoms with van der Waals surface area (Å²) in [5.41, 5.74) is 1.06. The molecule has 0 aliphatic carbocycles. The molecule has 0 saturated carbocycles. The number of carbonyl (C=O) groups excluding carboxylic acids is 1. The topological polar surface area (TPSA) is 29.1 Å². The van der Waals surface area contributed by atoms with Crippen LogP contribution in [0.5, 0.6) is 0 Å².